The van der Waals surface area contributed by atoms with Crippen molar-refractivity contribution in [2.75, 3.05) is 11.9 Å². The van der Waals surface area contributed by atoms with Crippen LogP contribution in [0.15, 0.2) is 12.2 Å². The highest BCUT2D eigenvalue weighted by molar-refractivity contribution is 9.09. The summed E-state index contributed by atoms with van der Waals surface area (Å²) < 4.78 is 4.96. The molecule has 0 aromatic carbocycles. The summed E-state index contributed by atoms with van der Waals surface area (Å²) in [5.74, 6) is -0.157. The molecule has 0 radical (unpaired) electrons. The van der Waals surface area contributed by atoms with E-state index in [1.54, 1.807) is 0 Å². The number of hydrogen-bond acceptors (Lipinski definition) is 2. The van der Waals surface area contributed by atoms with Gasteiger partial charge in [0.15, 0.2) is 0 Å². The molecule has 0 spiro atoms. The van der Waals surface area contributed by atoms with Crippen LogP contribution in [0, 0.1) is 5.41 Å². The molecule has 0 rings (SSSR count). The SMILES string of the molecule is CCOC(=O)C(C)(C)C=CCCCBr. The Bertz CT molecular complexity index is 197. The van der Waals surface area contributed by atoms with Crippen molar-refractivity contribution < 1.29 is 9.53 Å². The molecule has 2 nitrogen and oxygen atoms in total. The molecule has 0 unspecified atom stereocenters. The summed E-state index contributed by atoms with van der Waals surface area (Å²) >= 11 is 3.36. The summed E-state index contributed by atoms with van der Waals surface area (Å²) in [6.07, 6.45) is 6.05. The van der Waals surface area contributed by atoms with Crippen molar-refractivity contribution >= 4 is 21.9 Å². The van der Waals surface area contributed by atoms with Gasteiger partial charge in [-0.2, -0.15) is 0 Å². The van der Waals surface area contributed by atoms with E-state index >= 15 is 0 Å². The van der Waals surface area contributed by atoms with Crippen molar-refractivity contribution in [3.05, 3.63) is 12.2 Å². The molecule has 0 aliphatic carbocycles. The highest BCUT2D eigenvalue weighted by Gasteiger charge is 2.25. The lowest BCUT2D eigenvalue weighted by Gasteiger charge is -2.17. The van der Waals surface area contributed by atoms with Gasteiger partial charge in [-0.25, -0.2) is 0 Å². The molecule has 0 bridgehead atoms. The molecule has 0 saturated heterocycles. The number of halogens is 1. The zero-order valence-electron chi connectivity index (χ0n) is 9.18. The van der Waals surface area contributed by atoms with Crippen molar-refractivity contribution in [1.82, 2.24) is 0 Å². The first-order valence-corrected chi connectivity index (χ1v) is 6.07. The molecule has 0 saturated carbocycles. The van der Waals surface area contributed by atoms with Gasteiger partial charge >= 0.3 is 5.97 Å². The maximum Gasteiger partial charge on any atom is 0.315 e. The summed E-state index contributed by atoms with van der Waals surface area (Å²) in [5.41, 5.74) is -0.498. The third kappa shape index (κ3) is 5.43. The van der Waals surface area contributed by atoms with E-state index in [2.05, 4.69) is 15.9 Å². The van der Waals surface area contributed by atoms with Gasteiger partial charge in [-0.15, -0.1) is 0 Å². The second-order valence-corrected chi connectivity index (χ2v) is 4.47. The van der Waals surface area contributed by atoms with E-state index in [9.17, 15) is 4.79 Å². The fourth-order valence-corrected chi connectivity index (χ4v) is 1.28. The number of allylic oxidation sites excluding steroid dienone is 1. The number of carbonyl (C=O) groups excluding carboxylic acids is 1. The monoisotopic (exact) mass is 262 g/mol. The predicted molar refractivity (Wildman–Crippen MR) is 62.6 cm³/mol. The van der Waals surface area contributed by atoms with E-state index in [0.29, 0.717) is 6.61 Å². The van der Waals surface area contributed by atoms with Gasteiger partial charge in [0.05, 0.1) is 12.0 Å². The van der Waals surface area contributed by atoms with Gasteiger partial charge in [-0.1, -0.05) is 28.1 Å². The maximum atomic E-state index is 11.4. The van der Waals surface area contributed by atoms with Crippen LogP contribution in [0.4, 0.5) is 0 Å². The van der Waals surface area contributed by atoms with Crippen molar-refractivity contribution in [2.45, 2.75) is 33.6 Å². The lowest BCUT2D eigenvalue weighted by atomic mass is 9.93. The fraction of sp³-hybridized carbons (Fsp3) is 0.727. The van der Waals surface area contributed by atoms with E-state index in [0.717, 1.165) is 18.2 Å². The Kier molecular flexibility index (Phi) is 6.89. The van der Waals surface area contributed by atoms with Crippen LogP contribution in [-0.2, 0) is 9.53 Å². The molecule has 0 aliphatic heterocycles. The smallest absolute Gasteiger partial charge is 0.315 e. The Balaban J connectivity index is 4.04. The lowest BCUT2D eigenvalue weighted by Crippen LogP contribution is -2.24. The van der Waals surface area contributed by atoms with Gasteiger partial charge in [0.25, 0.3) is 0 Å². The van der Waals surface area contributed by atoms with Crippen LogP contribution >= 0.6 is 15.9 Å². The average Bonchev–Trinajstić information content (AvgIpc) is 2.13. The Morgan fingerprint density at radius 3 is 2.64 bits per heavy atom. The highest BCUT2D eigenvalue weighted by atomic mass is 79.9. The van der Waals surface area contributed by atoms with Crippen LogP contribution in [0.5, 0.6) is 0 Å². The van der Waals surface area contributed by atoms with Crippen molar-refractivity contribution in [3.8, 4) is 0 Å². The van der Waals surface area contributed by atoms with E-state index in [1.165, 1.54) is 0 Å². The minimum absolute atomic E-state index is 0.157. The van der Waals surface area contributed by atoms with Crippen molar-refractivity contribution in [2.24, 2.45) is 5.41 Å². The zero-order valence-corrected chi connectivity index (χ0v) is 10.8. The first-order valence-electron chi connectivity index (χ1n) is 4.95. The Morgan fingerprint density at radius 1 is 1.50 bits per heavy atom. The number of esters is 1. The third-order valence-corrected chi connectivity index (χ3v) is 2.40. The topological polar surface area (TPSA) is 26.3 Å². The molecule has 82 valence electrons. The van der Waals surface area contributed by atoms with Crippen LogP contribution in [0.2, 0.25) is 0 Å². The molecule has 0 aromatic rings. The van der Waals surface area contributed by atoms with Gasteiger partial charge in [-0.05, 0) is 33.6 Å². The van der Waals surface area contributed by atoms with E-state index in [1.807, 2.05) is 32.9 Å². The Hall–Kier alpha value is -0.310. The zero-order chi connectivity index (χ0) is 11.0. The number of unbranched alkanes of at least 4 members (excludes halogenated alkanes) is 1. The highest BCUT2D eigenvalue weighted by Crippen LogP contribution is 2.19. The summed E-state index contributed by atoms with van der Waals surface area (Å²) in [7, 11) is 0. The number of rotatable bonds is 6. The molecular formula is C11H19BrO2. The largest absolute Gasteiger partial charge is 0.465 e. The molecule has 0 atom stereocenters. The third-order valence-electron chi connectivity index (χ3n) is 1.84. The van der Waals surface area contributed by atoms with Crippen molar-refractivity contribution in [1.29, 1.82) is 0 Å². The minimum Gasteiger partial charge on any atom is -0.465 e. The summed E-state index contributed by atoms with van der Waals surface area (Å²) in [6.45, 7) is 6.01. The van der Waals surface area contributed by atoms with E-state index in [4.69, 9.17) is 4.74 Å². The molecule has 0 heterocycles. The summed E-state index contributed by atoms with van der Waals surface area (Å²) in [6, 6.07) is 0. The molecular weight excluding hydrogens is 244 g/mol. The number of carbonyl (C=O) groups is 1. The molecule has 0 fully saturated rings. The first-order chi connectivity index (χ1) is 6.54. The summed E-state index contributed by atoms with van der Waals surface area (Å²) in [4.78, 5) is 11.4. The standard InChI is InChI=1S/C11H19BrO2/c1-4-14-10(13)11(2,3)8-6-5-7-9-12/h6,8H,4-5,7,9H2,1-3H3. The van der Waals surface area contributed by atoms with Gasteiger partial charge in [-0.3, -0.25) is 4.79 Å². The molecule has 3 heteroatoms. The Morgan fingerprint density at radius 2 is 2.14 bits per heavy atom. The summed E-state index contributed by atoms with van der Waals surface area (Å²) in [5, 5.41) is 0.997. The van der Waals surface area contributed by atoms with Gasteiger partial charge < -0.3 is 4.74 Å². The van der Waals surface area contributed by atoms with E-state index in [-0.39, 0.29) is 5.97 Å². The molecule has 0 N–H and O–H groups in total. The number of ether oxygens (including phenoxy) is 1. The molecule has 0 amide bonds. The lowest BCUT2D eigenvalue weighted by molar-refractivity contribution is -0.150. The Labute approximate surface area is 94.8 Å². The van der Waals surface area contributed by atoms with Crippen LogP contribution in [0.3, 0.4) is 0 Å². The second-order valence-electron chi connectivity index (χ2n) is 3.68. The van der Waals surface area contributed by atoms with Crippen LogP contribution < -0.4 is 0 Å². The van der Waals surface area contributed by atoms with E-state index < -0.39 is 5.41 Å². The fourth-order valence-electron chi connectivity index (χ4n) is 0.958. The van der Waals surface area contributed by atoms with Gasteiger partial charge in [0, 0.05) is 5.33 Å². The predicted octanol–water partition coefficient (Wildman–Crippen LogP) is 3.31. The molecule has 0 aromatic heterocycles. The number of alkyl halides is 1. The number of hydrogen-bond donors (Lipinski definition) is 0. The van der Waals surface area contributed by atoms with Gasteiger partial charge in [0.2, 0.25) is 0 Å². The quantitative estimate of drug-likeness (QED) is 0.318. The van der Waals surface area contributed by atoms with Crippen LogP contribution in [0.25, 0.3) is 0 Å². The second kappa shape index (κ2) is 7.04. The van der Waals surface area contributed by atoms with Crippen LogP contribution in [0.1, 0.15) is 33.6 Å². The van der Waals surface area contributed by atoms with Crippen molar-refractivity contribution in [3.63, 3.8) is 0 Å². The van der Waals surface area contributed by atoms with Crippen LogP contribution in [-0.4, -0.2) is 17.9 Å². The minimum atomic E-state index is -0.498. The maximum absolute atomic E-state index is 11.4. The molecule has 14 heavy (non-hydrogen) atoms. The van der Waals surface area contributed by atoms with Gasteiger partial charge in [0.1, 0.15) is 0 Å². The molecule has 0 aliphatic rings. The average molecular weight is 263 g/mol. The first kappa shape index (κ1) is 13.7. The normalized spacial score (nSPS) is 12.0.